The predicted molar refractivity (Wildman–Crippen MR) is 99.1 cm³/mol. The number of ether oxygens (including phenoxy) is 1. The Hall–Kier alpha value is -2.98. The molecule has 1 heterocycles. The molecule has 3 aromatic rings. The minimum atomic E-state index is -0.433. The van der Waals surface area contributed by atoms with Gasteiger partial charge in [-0.1, -0.05) is 29.3 Å². The Morgan fingerprint density at radius 2 is 1.96 bits per heavy atom. The van der Waals surface area contributed by atoms with Crippen LogP contribution in [0.1, 0.15) is 21.5 Å². The van der Waals surface area contributed by atoms with Crippen LogP contribution in [-0.2, 0) is 0 Å². The largest absolute Gasteiger partial charge is 0.423 e. The third-order valence-electron chi connectivity index (χ3n) is 3.40. The van der Waals surface area contributed by atoms with E-state index in [-0.39, 0.29) is 0 Å². The second-order valence-electron chi connectivity index (χ2n) is 5.45. The molecule has 2 aromatic carbocycles. The van der Waals surface area contributed by atoms with Crippen LogP contribution in [0.3, 0.4) is 0 Å². The van der Waals surface area contributed by atoms with E-state index in [4.69, 9.17) is 16.3 Å². The predicted octanol–water partition coefficient (Wildman–Crippen LogP) is 5.01. The summed E-state index contributed by atoms with van der Waals surface area (Å²) in [6.07, 6.45) is 4.98. The maximum Gasteiger partial charge on any atom is 0.343 e. The maximum atomic E-state index is 12.2. The zero-order valence-corrected chi connectivity index (χ0v) is 14.3. The first-order chi connectivity index (χ1) is 12.1. The second kappa shape index (κ2) is 7.73. The van der Waals surface area contributed by atoms with E-state index in [2.05, 4.69) is 9.98 Å². The molecule has 3 rings (SSSR count). The van der Waals surface area contributed by atoms with Gasteiger partial charge in [0.25, 0.3) is 0 Å². The fourth-order valence-corrected chi connectivity index (χ4v) is 2.39. The van der Waals surface area contributed by atoms with Crippen molar-refractivity contribution in [1.29, 1.82) is 0 Å². The van der Waals surface area contributed by atoms with Crippen LogP contribution in [0.5, 0.6) is 5.75 Å². The molecule has 0 aliphatic rings. The van der Waals surface area contributed by atoms with Crippen LogP contribution >= 0.6 is 11.6 Å². The highest BCUT2D eigenvalue weighted by atomic mass is 35.5. The van der Waals surface area contributed by atoms with Gasteiger partial charge in [-0.05, 0) is 55.0 Å². The fourth-order valence-electron chi connectivity index (χ4n) is 2.15. The molecule has 0 radical (unpaired) electrons. The lowest BCUT2D eigenvalue weighted by atomic mass is 10.1. The van der Waals surface area contributed by atoms with Gasteiger partial charge in [-0.15, -0.1) is 0 Å². The van der Waals surface area contributed by atoms with Gasteiger partial charge in [-0.25, -0.2) is 4.79 Å². The van der Waals surface area contributed by atoms with Crippen LogP contribution < -0.4 is 4.74 Å². The van der Waals surface area contributed by atoms with Crippen molar-refractivity contribution < 1.29 is 9.53 Å². The lowest BCUT2D eigenvalue weighted by molar-refractivity contribution is 0.0735. The Labute approximate surface area is 150 Å². The topological polar surface area (TPSA) is 51.5 Å². The SMILES string of the molecule is Cc1ccc(C(=O)Oc2cc(Cl)cc(C=Nc3cccnc3)c2)cc1. The minimum absolute atomic E-state index is 0.366. The van der Waals surface area contributed by atoms with Crippen LogP contribution in [0, 0.1) is 6.92 Å². The third-order valence-corrected chi connectivity index (χ3v) is 3.62. The van der Waals surface area contributed by atoms with Crippen LogP contribution in [0.15, 0.2) is 72.0 Å². The molecule has 0 fully saturated rings. The molecule has 0 saturated carbocycles. The number of hydrogen-bond donors (Lipinski definition) is 0. The molecule has 124 valence electrons. The number of pyridine rings is 1. The highest BCUT2D eigenvalue weighted by Crippen LogP contribution is 2.22. The molecule has 0 bridgehead atoms. The summed E-state index contributed by atoms with van der Waals surface area (Å²) < 4.78 is 5.42. The van der Waals surface area contributed by atoms with Gasteiger partial charge in [0.1, 0.15) is 5.75 Å². The molecule has 0 aliphatic carbocycles. The molecular weight excluding hydrogens is 336 g/mol. The summed E-state index contributed by atoms with van der Waals surface area (Å²) in [6, 6.07) is 15.9. The van der Waals surface area contributed by atoms with Crippen LogP contribution in [0.4, 0.5) is 5.69 Å². The first kappa shape index (κ1) is 16.9. The summed E-state index contributed by atoms with van der Waals surface area (Å²) in [5.74, 6) is -0.0665. The number of halogens is 1. The molecular formula is C20H15ClN2O2. The molecule has 5 heteroatoms. The Morgan fingerprint density at radius 1 is 1.16 bits per heavy atom. The fraction of sp³-hybridized carbons (Fsp3) is 0.0500. The Bertz CT molecular complexity index is 907. The number of nitrogens with zero attached hydrogens (tertiary/aromatic N) is 2. The van der Waals surface area contributed by atoms with Crippen LogP contribution in [-0.4, -0.2) is 17.2 Å². The number of hydrogen-bond acceptors (Lipinski definition) is 4. The summed E-state index contributed by atoms with van der Waals surface area (Å²) in [7, 11) is 0. The maximum absolute atomic E-state index is 12.2. The van der Waals surface area contributed by atoms with Gasteiger partial charge in [0.05, 0.1) is 17.4 Å². The number of benzene rings is 2. The van der Waals surface area contributed by atoms with E-state index < -0.39 is 5.97 Å². The minimum Gasteiger partial charge on any atom is -0.423 e. The average molecular weight is 351 g/mol. The third kappa shape index (κ3) is 4.75. The van der Waals surface area contributed by atoms with Crippen LogP contribution in [0.25, 0.3) is 0 Å². The van der Waals surface area contributed by atoms with E-state index >= 15 is 0 Å². The van der Waals surface area contributed by atoms with Crippen molar-refractivity contribution >= 4 is 29.5 Å². The van der Waals surface area contributed by atoms with Gasteiger partial charge < -0.3 is 4.74 Å². The van der Waals surface area contributed by atoms with Gasteiger partial charge in [0, 0.05) is 17.4 Å². The van der Waals surface area contributed by atoms with E-state index in [1.807, 2.05) is 25.1 Å². The van der Waals surface area contributed by atoms with Gasteiger partial charge in [-0.2, -0.15) is 0 Å². The molecule has 0 N–H and O–H groups in total. The molecule has 25 heavy (non-hydrogen) atoms. The molecule has 0 aliphatic heterocycles. The number of esters is 1. The molecule has 0 unspecified atom stereocenters. The van der Waals surface area contributed by atoms with E-state index in [1.165, 1.54) is 0 Å². The zero-order valence-electron chi connectivity index (χ0n) is 13.5. The van der Waals surface area contributed by atoms with Crippen molar-refractivity contribution in [3.63, 3.8) is 0 Å². The Morgan fingerprint density at radius 3 is 2.68 bits per heavy atom. The van der Waals surface area contributed by atoms with Crippen LogP contribution in [0.2, 0.25) is 5.02 Å². The standard InChI is InChI=1S/C20H15ClN2O2/c1-14-4-6-16(7-5-14)20(24)25-19-10-15(9-17(21)11-19)12-23-18-3-2-8-22-13-18/h2-13H,1H3. The number of carbonyl (C=O) groups is 1. The summed E-state index contributed by atoms with van der Waals surface area (Å²) in [6.45, 7) is 1.96. The quantitative estimate of drug-likeness (QED) is 0.377. The lowest BCUT2D eigenvalue weighted by Gasteiger charge is -2.06. The van der Waals surface area contributed by atoms with E-state index in [1.54, 1.807) is 55.0 Å². The molecule has 1 aromatic heterocycles. The molecule has 0 amide bonds. The molecule has 0 atom stereocenters. The van der Waals surface area contributed by atoms with Crippen molar-refractivity contribution in [1.82, 2.24) is 4.98 Å². The normalized spacial score (nSPS) is 10.8. The highest BCUT2D eigenvalue weighted by molar-refractivity contribution is 6.31. The second-order valence-corrected chi connectivity index (χ2v) is 5.88. The van der Waals surface area contributed by atoms with Crippen molar-refractivity contribution in [3.05, 3.63) is 88.7 Å². The lowest BCUT2D eigenvalue weighted by Crippen LogP contribution is -2.08. The molecule has 0 saturated heterocycles. The Balaban J connectivity index is 1.78. The summed E-state index contributed by atoms with van der Waals surface area (Å²) >= 11 is 6.12. The summed E-state index contributed by atoms with van der Waals surface area (Å²) in [4.78, 5) is 20.5. The van der Waals surface area contributed by atoms with Gasteiger partial charge in [0.2, 0.25) is 0 Å². The van der Waals surface area contributed by atoms with Crippen molar-refractivity contribution in [2.45, 2.75) is 6.92 Å². The average Bonchev–Trinajstić information content (AvgIpc) is 2.61. The summed E-state index contributed by atoms with van der Waals surface area (Å²) in [5.41, 5.74) is 3.01. The van der Waals surface area contributed by atoms with Gasteiger partial charge >= 0.3 is 5.97 Å². The first-order valence-corrected chi connectivity index (χ1v) is 8.01. The Kier molecular flexibility index (Phi) is 5.21. The first-order valence-electron chi connectivity index (χ1n) is 7.64. The van der Waals surface area contributed by atoms with Crippen molar-refractivity contribution in [2.75, 3.05) is 0 Å². The van der Waals surface area contributed by atoms with Gasteiger partial charge in [0.15, 0.2) is 0 Å². The monoisotopic (exact) mass is 350 g/mol. The van der Waals surface area contributed by atoms with E-state index in [9.17, 15) is 4.79 Å². The number of aliphatic imine (C=N–C) groups is 1. The van der Waals surface area contributed by atoms with E-state index in [0.29, 0.717) is 16.3 Å². The highest BCUT2D eigenvalue weighted by Gasteiger charge is 2.09. The molecule has 0 spiro atoms. The zero-order chi connectivity index (χ0) is 17.6. The smallest absolute Gasteiger partial charge is 0.343 e. The number of aromatic nitrogens is 1. The number of rotatable bonds is 4. The number of aryl methyl sites for hydroxylation is 1. The summed E-state index contributed by atoms with van der Waals surface area (Å²) in [5, 5.41) is 0.460. The number of carbonyl (C=O) groups excluding carboxylic acids is 1. The van der Waals surface area contributed by atoms with E-state index in [0.717, 1.165) is 16.8 Å². The van der Waals surface area contributed by atoms with Crippen molar-refractivity contribution in [2.24, 2.45) is 4.99 Å². The van der Waals surface area contributed by atoms with Crippen molar-refractivity contribution in [3.8, 4) is 5.75 Å². The van der Waals surface area contributed by atoms with Gasteiger partial charge in [-0.3, -0.25) is 9.98 Å². The molecule has 4 nitrogen and oxygen atoms in total.